The fourth-order valence-electron chi connectivity index (χ4n) is 1.87. The second-order valence-corrected chi connectivity index (χ2v) is 4.97. The molecular weight excluding hydrogens is 262 g/mol. The number of nitrogens with zero attached hydrogens (tertiary/aromatic N) is 3. The lowest BCUT2D eigenvalue weighted by Crippen LogP contribution is -2.32. The molecule has 0 saturated carbocycles. The molecule has 5 heteroatoms. The molecule has 1 aromatic heterocycles. The van der Waals surface area contributed by atoms with Crippen LogP contribution in [0.15, 0.2) is 59.9 Å². The van der Waals surface area contributed by atoms with Gasteiger partial charge in [-0.3, -0.25) is 0 Å². The van der Waals surface area contributed by atoms with E-state index < -0.39 is 0 Å². The van der Waals surface area contributed by atoms with Gasteiger partial charge >= 0.3 is 0 Å². The molecule has 0 radical (unpaired) electrons. The summed E-state index contributed by atoms with van der Waals surface area (Å²) >= 11 is 0. The van der Waals surface area contributed by atoms with Crippen molar-refractivity contribution in [3.05, 3.63) is 66.3 Å². The van der Waals surface area contributed by atoms with Crippen molar-refractivity contribution < 1.29 is 0 Å². The number of hydrogen-bond acceptors (Lipinski definition) is 2. The van der Waals surface area contributed by atoms with Crippen LogP contribution in [-0.2, 0) is 13.1 Å². The van der Waals surface area contributed by atoms with Crippen LogP contribution >= 0.6 is 0 Å². The van der Waals surface area contributed by atoms with E-state index in [0.717, 1.165) is 17.9 Å². The van der Waals surface area contributed by atoms with E-state index in [2.05, 4.69) is 38.6 Å². The number of guanidine groups is 1. The second kappa shape index (κ2) is 7.28. The predicted molar refractivity (Wildman–Crippen MR) is 85.9 cm³/mol. The molecule has 110 valence electrons. The van der Waals surface area contributed by atoms with E-state index in [1.54, 1.807) is 6.20 Å². The lowest BCUT2D eigenvalue weighted by atomic mass is 10.2. The number of benzene rings is 1. The van der Waals surface area contributed by atoms with Crippen molar-refractivity contribution >= 4 is 5.96 Å². The summed E-state index contributed by atoms with van der Waals surface area (Å²) in [4.78, 5) is 8.63. The third-order valence-corrected chi connectivity index (χ3v) is 2.96. The highest BCUT2D eigenvalue weighted by Gasteiger charge is 2.03. The predicted octanol–water partition coefficient (Wildman–Crippen LogP) is 1.91. The summed E-state index contributed by atoms with van der Waals surface area (Å²) in [6, 6.07) is 10.3. The molecule has 3 N–H and O–H groups in total. The first-order valence-electron chi connectivity index (χ1n) is 6.87. The van der Waals surface area contributed by atoms with Crippen LogP contribution in [0.1, 0.15) is 18.3 Å². The Bertz CT molecular complexity index is 613. The average Bonchev–Trinajstić information content (AvgIpc) is 2.91. The molecule has 0 spiro atoms. The average molecular weight is 283 g/mol. The van der Waals surface area contributed by atoms with E-state index in [1.807, 2.05) is 31.3 Å². The maximum absolute atomic E-state index is 5.80. The van der Waals surface area contributed by atoms with Crippen LogP contribution in [0.2, 0.25) is 0 Å². The van der Waals surface area contributed by atoms with E-state index in [4.69, 9.17) is 5.73 Å². The van der Waals surface area contributed by atoms with Crippen molar-refractivity contribution in [1.29, 1.82) is 0 Å². The Hall–Kier alpha value is -2.56. The van der Waals surface area contributed by atoms with Gasteiger partial charge in [-0.2, -0.15) is 0 Å². The highest BCUT2D eigenvalue weighted by atomic mass is 15.1. The Morgan fingerprint density at radius 1 is 1.38 bits per heavy atom. The molecule has 1 heterocycles. The van der Waals surface area contributed by atoms with Crippen molar-refractivity contribution in [1.82, 2.24) is 14.9 Å². The molecule has 0 atom stereocenters. The van der Waals surface area contributed by atoms with Gasteiger partial charge in [-0.25, -0.2) is 9.98 Å². The highest BCUT2D eigenvalue weighted by molar-refractivity contribution is 5.77. The minimum atomic E-state index is 0.410. The number of aliphatic imine (C=N–C) groups is 1. The molecule has 0 aliphatic heterocycles. The summed E-state index contributed by atoms with van der Waals surface area (Å²) in [6.07, 6.45) is 3.74. The number of nitrogens with one attached hydrogen (secondary N) is 1. The van der Waals surface area contributed by atoms with Gasteiger partial charge in [-0.15, -0.1) is 0 Å². The number of rotatable bonds is 6. The van der Waals surface area contributed by atoms with Gasteiger partial charge in [0.15, 0.2) is 5.96 Å². The summed E-state index contributed by atoms with van der Waals surface area (Å²) in [5.41, 5.74) is 8.05. The third-order valence-electron chi connectivity index (χ3n) is 2.96. The highest BCUT2D eigenvalue weighted by Crippen LogP contribution is 2.06. The Labute approximate surface area is 125 Å². The largest absolute Gasteiger partial charge is 0.370 e. The van der Waals surface area contributed by atoms with Crippen molar-refractivity contribution in [3.8, 4) is 0 Å². The van der Waals surface area contributed by atoms with Crippen LogP contribution in [0, 0.1) is 0 Å². The minimum absolute atomic E-state index is 0.410. The first kappa shape index (κ1) is 14.8. The SMILES string of the molecule is C=C(C)CNC(N)=NCc1nccn1Cc1ccccc1. The standard InChI is InChI=1S/C16H21N5/c1-13(2)10-19-16(17)20-11-15-18-8-9-21(15)12-14-6-4-3-5-7-14/h3-9H,1,10-12H2,2H3,(H3,17,19,20). The maximum Gasteiger partial charge on any atom is 0.189 e. The van der Waals surface area contributed by atoms with Crippen LogP contribution in [0.4, 0.5) is 0 Å². The number of aromatic nitrogens is 2. The van der Waals surface area contributed by atoms with E-state index in [0.29, 0.717) is 19.0 Å². The third kappa shape index (κ3) is 4.80. The zero-order chi connectivity index (χ0) is 15.1. The Morgan fingerprint density at radius 2 is 2.14 bits per heavy atom. The molecule has 0 bridgehead atoms. The molecule has 0 amide bonds. The van der Waals surface area contributed by atoms with Crippen molar-refractivity contribution in [2.45, 2.75) is 20.0 Å². The molecule has 0 fully saturated rings. The monoisotopic (exact) mass is 283 g/mol. The maximum atomic E-state index is 5.80. The second-order valence-electron chi connectivity index (χ2n) is 4.97. The first-order chi connectivity index (χ1) is 10.1. The van der Waals surface area contributed by atoms with Crippen LogP contribution in [0.25, 0.3) is 0 Å². The van der Waals surface area contributed by atoms with Gasteiger partial charge < -0.3 is 15.6 Å². The zero-order valence-corrected chi connectivity index (χ0v) is 12.3. The van der Waals surface area contributed by atoms with E-state index in [1.165, 1.54) is 5.56 Å². The fraction of sp³-hybridized carbons (Fsp3) is 0.250. The fourth-order valence-corrected chi connectivity index (χ4v) is 1.87. The molecule has 0 unspecified atom stereocenters. The Balaban J connectivity index is 1.97. The molecule has 2 aromatic rings. The molecule has 0 aliphatic rings. The first-order valence-corrected chi connectivity index (χ1v) is 6.87. The minimum Gasteiger partial charge on any atom is -0.370 e. The van der Waals surface area contributed by atoms with Crippen LogP contribution in [0.3, 0.4) is 0 Å². The van der Waals surface area contributed by atoms with Gasteiger partial charge in [0.2, 0.25) is 0 Å². The van der Waals surface area contributed by atoms with Gasteiger partial charge in [0.05, 0.1) is 0 Å². The Kier molecular flexibility index (Phi) is 5.15. The van der Waals surface area contributed by atoms with Crippen LogP contribution < -0.4 is 11.1 Å². The van der Waals surface area contributed by atoms with Gasteiger partial charge in [0, 0.05) is 25.5 Å². The van der Waals surface area contributed by atoms with Crippen molar-refractivity contribution in [2.75, 3.05) is 6.54 Å². The van der Waals surface area contributed by atoms with Gasteiger partial charge in [-0.05, 0) is 12.5 Å². The molecule has 2 rings (SSSR count). The summed E-state index contributed by atoms with van der Waals surface area (Å²) in [6.45, 7) is 7.61. The molecule has 0 aliphatic carbocycles. The molecule has 5 nitrogen and oxygen atoms in total. The van der Waals surface area contributed by atoms with Crippen LogP contribution in [0.5, 0.6) is 0 Å². The van der Waals surface area contributed by atoms with Crippen LogP contribution in [-0.4, -0.2) is 22.1 Å². The van der Waals surface area contributed by atoms with Gasteiger partial charge in [0.25, 0.3) is 0 Å². The number of nitrogens with two attached hydrogens (primary N) is 1. The molecule has 0 saturated heterocycles. The topological polar surface area (TPSA) is 68.2 Å². The summed E-state index contributed by atoms with van der Waals surface area (Å²) < 4.78 is 2.07. The van der Waals surface area contributed by atoms with Gasteiger partial charge in [-0.1, -0.05) is 42.5 Å². The lowest BCUT2D eigenvalue weighted by Gasteiger charge is -2.08. The number of hydrogen-bond donors (Lipinski definition) is 2. The van der Waals surface area contributed by atoms with Gasteiger partial charge in [0.1, 0.15) is 12.4 Å². The molecule has 1 aromatic carbocycles. The summed E-state index contributed by atoms with van der Waals surface area (Å²) in [5.74, 6) is 1.30. The molecular formula is C16H21N5. The summed E-state index contributed by atoms with van der Waals surface area (Å²) in [5, 5.41) is 3.00. The van der Waals surface area contributed by atoms with E-state index >= 15 is 0 Å². The molecule has 21 heavy (non-hydrogen) atoms. The number of imidazole rings is 1. The quantitative estimate of drug-likeness (QED) is 0.483. The Morgan fingerprint density at radius 3 is 2.86 bits per heavy atom. The van der Waals surface area contributed by atoms with Crippen molar-refractivity contribution in [2.24, 2.45) is 10.7 Å². The lowest BCUT2D eigenvalue weighted by molar-refractivity contribution is 0.722. The zero-order valence-electron chi connectivity index (χ0n) is 12.3. The van der Waals surface area contributed by atoms with E-state index in [-0.39, 0.29) is 0 Å². The van der Waals surface area contributed by atoms with Crippen molar-refractivity contribution in [3.63, 3.8) is 0 Å². The van der Waals surface area contributed by atoms with E-state index in [9.17, 15) is 0 Å². The normalized spacial score (nSPS) is 11.4. The summed E-state index contributed by atoms with van der Waals surface area (Å²) in [7, 11) is 0. The smallest absolute Gasteiger partial charge is 0.189 e.